The molecule has 158 valence electrons. The first-order valence-electron chi connectivity index (χ1n) is 11.0. The normalized spacial score (nSPS) is 13.2. The fourth-order valence-corrected chi connectivity index (χ4v) is 4.93. The SMILES string of the molecule is C=CC=c1c(=C/C)/c(=C\C)n2c1c(C)c(C=C)c(C=C)c1ccccc1c1ccccc12. The highest BCUT2D eigenvalue weighted by Gasteiger charge is 2.12. The first-order valence-corrected chi connectivity index (χ1v) is 11.0. The minimum atomic E-state index is 1.09. The monoisotopic (exact) mass is 415 g/mol. The molecule has 2 aromatic heterocycles. The molecule has 4 rings (SSSR count). The van der Waals surface area contributed by atoms with Crippen LogP contribution in [-0.2, 0) is 0 Å². The summed E-state index contributed by atoms with van der Waals surface area (Å²) in [6.45, 7) is 18.8. The second kappa shape index (κ2) is 8.72. The number of aromatic nitrogens is 1. The lowest BCUT2D eigenvalue weighted by Crippen LogP contribution is -2.33. The lowest BCUT2D eigenvalue weighted by atomic mass is 9.98. The first kappa shape index (κ1) is 21.4. The minimum Gasteiger partial charge on any atom is -0.309 e. The van der Waals surface area contributed by atoms with Crippen LogP contribution in [0.3, 0.4) is 0 Å². The molecule has 0 fully saturated rings. The molecule has 0 unspecified atom stereocenters. The van der Waals surface area contributed by atoms with Crippen LogP contribution in [-0.4, -0.2) is 4.40 Å². The topological polar surface area (TPSA) is 4.41 Å². The van der Waals surface area contributed by atoms with Crippen LogP contribution in [0.1, 0.15) is 30.5 Å². The highest BCUT2D eigenvalue weighted by molar-refractivity contribution is 6.08. The zero-order valence-electron chi connectivity index (χ0n) is 19.2. The number of para-hydroxylation sites is 1. The second-order valence-corrected chi connectivity index (χ2v) is 7.80. The van der Waals surface area contributed by atoms with Gasteiger partial charge in [0, 0.05) is 21.2 Å². The Kier molecular flexibility index (Phi) is 5.83. The highest BCUT2D eigenvalue weighted by atomic mass is 14.9. The summed E-state index contributed by atoms with van der Waals surface area (Å²) < 4.78 is 2.39. The number of allylic oxidation sites excluding steroid dienone is 1. The number of nitrogens with zero attached hydrogens (tertiary/aromatic N) is 1. The second-order valence-electron chi connectivity index (χ2n) is 7.80. The lowest BCUT2D eigenvalue weighted by Gasteiger charge is -2.06. The molecule has 2 aromatic carbocycles. The van der Waals surface area contributed by atoms with Crippen molar-refractivity contribution in [1.82, 2.24) is 4.40 Å². The molecular formula is C31H29N. The van der Waals surface area contributed by atoms with Gasteiger partial charge in [0.2, 0.25) is 0 Å². The summed E-state index contributed by atoms with van der Waals surface area (Å²) in [5.74, 6) is 0. The van der Waals surface area contributed by atoms with Crippen LogP contribution in [0.2, 0.25) is 0 Å². The lowest BCUT2D eigenvalue weighted by molar-refractivity contribution is 1.19. The Bertz CT molecular complexity index is 1640. The average Bonchev–Trinajstić information content (AvgIpc) is 3.16. The average molecular weight is 416 g/mol. The number of aryl methyl sites for hydroxylation is 1. The molecule has 0 saturated carbocycles. The molecule has 0 bridgehead atoms. The third-order valence-electron chi connectivity index (χ3n) is 6.24. The summed E-state index contributed by atoms with van der Waals surface area (Å²) in [4.78, 5) is 0. The molecule has 0 saturated heterocycles. The molecule has 0 aliphatic carbocycles. The number of fused-ring (bicyclic) bond motifs is 5. The zero-order valence-corrected chi connectivity index (χ0v) is 19.2. The van der Waals surface area contributed by atoms with Crippen molar-refractivity contribution >= 4 is 57.6 Å². The number of hydrogen-bond acceptors (Lipinski definition) is 0. The third kappa shape index (κ3) is 3.09. The maximum Gasteiger partial charge on any atom is 0.0576 e. The molecule has 0 amide bonds. The highest BCUT2D eigenvalue weighted by Crippen LogP contribution is 2.29. The van der Waals surface area contributed by atoms with E-state index in [9.17, 15) is 0 Å². The fraction of sp³-hybridized carbons (Fsp3) is 0.0968. The van der Waals surface area contributed by atoms with Gasteiger partial charge in [-0.15, -0.1) is 0 Å². The maximum atomic E-state index is 4.19. The Morgan fingerprint density at radius 2 is 1.34 bits per heavy atom. The summed E-state index contributed by atoms with van der Waals surface area (Å²) >= 11 is 0. The Morgan fingerprint density at radius 3 is 1.94 bits per heavy atom. The van der Waals surface area contributed by atoms with E-state index in [1.807, 2.05) is 18.2 Å². The van der Waals surface area contributed by atoms with Crippen molar-refractivity contribution in [3.63, 3.8) is 0 Å². The molecule has 0 N–H and O–H groups in total. The van der Waals surface area contributed by atoms with E-state index < -0.39 is 0 Å². The van der Waals surface area contributed by atoms with Crippen LogP contribution >= 0.6 is 0 Å². The van der Waals surface area contributed by atoms with Gasteiger partial charge in [-0.2, -0.15) is 0 Å². The van der Waals surface area contributed by atoms with Crippen LogP contribution in [0.15, 0.2) is 74.3 Å². The van der Waals surface area contributed by atoms with Crippen molar-refractivity contribution < 1.29 is 0 Å². The van der Waals surface area contributed by atoms with E-state index in [1.165, 1.54) is 21.3 Å². The van der Waals surface area contributed by atoms with Crippen molar-refractivity contribution in [2.24, 2.45) is 0 Å². The molecule has 0 aliphatic rings. The van der Waals surface area contributed by atoms with Crippen molar-refractivity contribution in [3.8, 4) is 0 Å². The molecule has 1 nitrogen and oxygen atoms in total. The summed E-state index contributed by atoms with van der Waals surface area (Å²) in [5, 5.41) is 7.07. The van der Waals surface area contributed by atoms with Gasteiger partial charge in [-0.1, -0.05) is 98.7 Å². The van der Waals surface area contributed by atoms with Crippen LogP contribution in [0.4, 0.5) is 0 Å². The van der Waals surface area contributed by atoms with Gasteiger partial charge in [0.15, 0.2) is 0 Å². The van der Waals surface area contributed by atoms with E-state index in [-0.39, 0.29) is 0 Å². The van der Waals surface area contributed by atoms with Crippen LogP contribution in [0.25, 0.3) is 57.6 Å². The van der Waals surface area contributed by atoms with Gasteiger partial charge < -0.3 is 4.40 Å². The molecule has 0 aliphatic heterocycles. The quantitative estimate of drug-likeness (QED) is 0.372. The van der Waals surface area contributed by atoms with Gasteiger partial charge in [-0.25, -0.2) is 0 Å². The molecule has 4 aromatic rings. The standard InChI is InChI=1S/C31H29N/c1-7-16-28-24(10-4)29(11-5)32-30-20-15-14-19-27(30)26-18-13-12-17-25(26)23(9-3)22(8-2)21(6)31(28)32/h7-20H,1-3H2,4-6H3/b23-22?,24-10-,28-16?,29-11+,31-21?. The largest absolute Gasteiger partial charge is 0.309 e. The van der Waals surface area contributed by atoms with E-state index in [1.54, 1.807) is 0 Å². The van der Waals surface area contributed by atoms with Gasteiger partial charge in [-0.3, -0.25) is 0 Å². The van der Waals surface area contributed by atoms with Gasteiger partial charge in [-0.05, 0) is 54.3 Å². The summed E-state index contributed by atoms with van der Waals surface area (Å²) in [6.07, 6.45) is 12.3. The Hall–Kier alpha value is -3.84. The Labute approximate surface area is 189 Å². The molecule has 0 radical (unpaired) electrons. The summed E-state index contributed by atoms with van der Waals surface area (Å²) in [7, 11) is 0. The van der Waals surface area contributed by atoms with Crippen molar-refractivity contribution in [3.05, 3.63) is 107 Å². The molecule has 0 spiro atoms. The predicted molar refractivity (Wildman–Crippen MR) is 144 cm³/mol. The molecular weight excluding hydrogens is 386 g/mol. The fourth-order valence-electron chi connectivity index (χ4n) is 4.93. The Morgan fingerprint density at radius 1 is 0.719 bits per heavy atom. The van der Waals surface area contributed by atoms with Gasteiger partial charge >= 0.3 is 0 Å². The summed E-state index contributed by atoms with van der Waals surface area (Å²) in [6, 6.07) is 17.2. The van der Waals surface area contributed by atoms with Crippen molar-refractivity contribution in [2.75, 3.05) is 0 Å². The first-order chi connectivity index (χ1) is 15.6. The van der Waals surface area contributed by atoms with E-state index in [4.69, 9.17) is 0 Å². The van der Waals surface area contributed by atoms with Crippen molar-refractivity contribution in [2.45, 2.75) is 20.8 Å². The molecule has 0 atom stereocenters. The number of rotatable bonds is 3. The van der Waals surface area contributed by atoms with E-state index in [0.29, 0.717) is 0 Å². The van der Waals surface area contributed by atoms with E-state index in [2.05, 4.69) is 112 Å². The van der Waals surface area contributed by atoms with Crippen LogP contribution in [0, 0.1) is 6.92 Å². The predicted octanol–water partition coefficient (Wildman–Crippen LogP) is 6.25. The van der Waals surface area contributed by atoms with Gasteiger partial charge in [0.25, 0.3) is 0 Å². The van der Waals surface area contributed by atoms with Gasteiger partial charge in [0.1, 0.15) is 0 Å². The van der Waals surface area contributed by atoms with Crippen LogP contribution in [0.5, 0.6) is 0 Å². The zero-order chi connectivity index (χ0) is 22.8. The summed E-state index contributed by atoms with van der Waals surface area (Å²) in [5.41, 5.74) is 5.64. The third-order valence-corrected chi connectivity index (χ3v) is 6.24. The molecule has 32 heavy (non-hydrogen) atoms. The van der Waals surface area contributed by atoms with E-state index in [0.717, 1.165) is 38.3 Å². The smallest absolute Gasteiger partial charge is 0.0576 e. The minimum absolute atomic E-state index is 1.09. The Balaban J connectivity index is 2.71. The maximum absolute atomic E-state index is 4.19. The van der Waals surface area contributed by atoms with E-state index >= 15 is 0 Å². The molecule has 1 heteroatoms. The molecule has 2 heterocycles. The number of benzene rings is 2. The van der Waals surface area contributed by atoms with Gasteiger partial charge in [0.05, 0.1) is 11.0 Å². The number of hydrogen-bond donors (Lipinski definition) is 0. The van der Waals surface area contributed by atoms with Crippen molar-refractivity contribution in [1.29, 1.82) is 0 Å². The van der Waals surface area contributed by atoms with Crippen LogP contribution < -0.4 is 15.8 Å².